The van der Waals surface area contributed by atoms with Crippen molar-refractivity contribution in [2.24, 2.45) is 10.2 Å². The van der Waals surface area contributed by atoms with E-state index < -0.39 is 0 Å². The molecule has 0 aliphatic heterocycles. The van der Waals surface area contributed by atoms with Gasteiger partial charge in [-0.3, -0.25) is 9.59 Å². The van der Waals surface area contributed by atoms with E-state index in [0.29, 0.717) is 10.0 Å². The van der Waals surface area contributed by atoms with Gasteiger partial charge in [-0.05, 0) is 35.4 Å². The normalized spacial score (nSPS) is 11.0. The van der Waals surface area contributed by atoms with Gasteiger partial charge in [0.15, 0.2) is 0 Å². The van der Waals surface area contributed by atoms with Gasteiger partial charge < -0.3 is 0 Å². The summed E-state index contributed by atoms with van der Waals surface area (Å²) in [6.45, 7) is 0. The Bertz CT molecular complexity index is 768. The molecule has 0 aromatic heterocycles. The standard InChI is InChI=1S/C18H16Cl2N4O2/c19-15-5-1-3-13(9-15)11-21-23-17(25)7-8-18(26)24-22-12-14-4-2-6-16(20)10-14/h1-6,9-12H,7-8H2,(H,23,25)(H,24,26)/b21-11-,22-12+. The molecule has 0 saturated heterocycles. The van der Waals surface area contributed by atoms with Crippen molar-refractivity contribution >= 4 is 47.4 Å². The lowest BCUT2D eigenvalue weighted by Gasteiger charge is -2.00. The average Bonchev–Trinajstić information content (AvgIpc) is 2.60. The first-order chi connectivity index (χ1) is 12.5. The lowest BCUT2D eigenvalue weighted by atomic mass is 10.2. The number of carbonyl (C=O) groups is 2. The van der Waals surface area contributed by atoms with Crippen molar-refractivity contribution in [3.05, 3.63) is 69.7 Å². The molecule has 2 aromatic carbocycles. The van der Waals surface area contributed by atoms with Crippen LogP contribution in [-0.4, -0.2) is 24.2 Å². The Morgan fingerprint density at radius 1 is 0.808 bits per heavy atom. The van der Waals surface area contributed by atoms with Gasteiger partial charge in [-0.15, -0.1) is 0 Å². The molecule has 8 heteroatoms. The highest BCUT2D eigenvalue weighted by atomic mass is 35.5. The van der Waals surface area contributed by atoms with Crippen molar-refractivity contribution in [2.75, 3.05) is 0 Å². The summed E-state index contributed by atoms with van der Waals surface area (Å²) >= 11 is 11.7. The molecular weight excluding hydrogens is 375 g/mol. The molecule has 0 aliphatic rings. The summed E-state index contributed by atoms with van der Waals surface area (Å²) in [5, 5.41) is 8.79. The molecule has 2 rings (SSSR count). The van der Waals surface area contributed by atoms with Crippen LogP contribution in [0.15, 0.2) is 58.7 Å². The van der Waals surface area contributed by atoms with Crippen molar-refractivity contribution in [1.29, 1.82) is 0 Å². The second kappa shape index (κ2) is 10.3. The number of rotatable bonds is 7. The highest BCUT2D eigenvalue weighted by Gasteiger charge is 2.05. The van der Waals surface area contributed by atoms with E-state index >= 15 is 0 Å². The molecule has 6 nitrogen and oxygen atoms in total. The predicted octanol–water partition coefficient (Wildman–Crippen LogP) is 3.37. The first-order valence-electron chi connectivity index (χ1n) is 7.68. The first kappa shape index (κ1) is 19.6. The van der Waals surface area contributed by atoms with E-state index in [-0.39, 0.29) is 24.7 Å². The van der Waals surface area contributed by atoms with E-state index in [1.807, 2.05) is 0 Å². The van der Waals surface area contributed by atoms with Crippen LogP contribution in [0, 0.1) is 0 Å². The van der Waals surface area contributed by atoms with Gasteiger partial charge >= 0.3 is 0 Å². The summed E-state index contributed by atoms with van der Waals surface area (Å²) in [7, 11) is 0. The van der Waals surface area contributed by atoms with Gasteiger partial charge in [0.25, 0.3) is 0 Å². The van der Waals surface area contributed by atoms with Gasteiger partial charge in [-0.25, -0.2) is 10.9 Å². The Hall–Kier alpha value is -2.70. The Balaban J connectivity index is 1.69. The average molecular weight is 391 g/mol. The van der Waals surface area contributed by atoms with Crippen LogP contribution in [0.3, 0.4) is 0 Å². The summed E-state index contributed by atoms with van der Waals surface area (Å²) in [5.41, 5.74) is 6.21. The largest absolute Gasteiger partial charge is 0.273 e. The van der Waals surface area contributed by atoms with E-state index in [0.717, 1.165) is 11.1 Å². The first-order valence-corrected chi connectivity index (χ1v) is 8.43. The fourth-order valence-corrected chi connectivity index (χ4v) is 2.27. The van der Waals surface area contributed by atoms with Crippen LogP contribution in [0.2, 0.25) is 10.0 Å². The van der Waals surface area contributed by atoms with Crippen LogP contribution in [0.1, 0.15) is 24.0 Å². The van der Waals surface area contributed by atoms with Crippen LogP contribution in [0.25, 0.3) is 0 Å². The molecule has 0 radical (unpaired) electrons. The molecule has 0 spiro atoms. The zero-order valence-corrected chi connectivity index (χ0v) is 15.2. The molecule has 0 fully saturated rings. The number of hydrazone groups is 2. The third-order valence-electron chi connectivity index (χ3n) is 3.08. The number of halogens is 2. The number of benzene rings is 2. The van der Waals surface area contributed by atoms with Gasteiger partial charge in [0, 0.05) is 22.9 Å². The van der Waals surface area contributed by atoms with E-state index in [1.54, 1.807) is 48.5 Å². The SMILES string of the molecule is O=C(CCC(=O)N/N=C/c1cccc(Cl)c1)N/N=C\c1cccc(Cl)c1. The summed E-state index contributed by atoms with van der Waals surface area (Å²) in [6, 6.07) is 14.1. The number of hydrogen-bond donors (Lipinski definition) is 2. The number of nitrogens with one attached hydrogen (secondary N) is 2. The smallest absolute Gasteiger partial charge is 0.240 e. The summed E-state index contributed by atoms with van der Waals surface area (Å²) in [4.78, 5) is 23.3. The van der Waals surface area contributed by atoms with E-state index in [9.17, 15) is 9.59 Å². The van der Waals surface area contributed by atoms with Crippen molar-refractivity contribution in [3.63, 3.8) is 0 Å². The van der Waals surface area contributed by atoms with E-state index in [1.165, 1.54) is 12.4 Å². The van der Waals surface area contributed by atoms with Crippen LogP contribution in [0.5, 0.6) is 0 Å². The van der Waals surface area contributed by atoms with Crippen LogP contribution >= 0.6 is 23.2 Å². The fourth-order valence-electron chi connectivity index (χ4n) is 1.87. The molecule has 0 saturated carbocycles. The molecule has 2 aromatic rings. The third-order valence-corrected chi connectivity index (χ3v) is 3.55. The van der Waals surface area contributed by atoms with Crippen LogP contribution in [0.4, 0.5) is 0 Å². The molecule has 2 amide bonds. The van der Waals surface area contributed by atoms with Crippen molar-refractivity contribution in [2.45, 2.75) is 12.8 Å². The number of hydrogen-bond acceptors (Lipinski definition) is 4. The minimum atomic E-state index is -0.378. The summed E-state index contributed by atoms with van der Waals surface area (Å²) in [5.74, 6) is -0.755. The Labute approximate surface area is 160 Å². The molecule has 0 unspecified atom stereocenters. The number of amides is 2. The predicted molar refractivity (Wildman–Crippen MR) is 104 cm³/mol. The van der Waals surface area contributed by atoms with E-state index in [4.69, 9.17) is 23.2 Å². The summed E-state index contributed by atoms with van der Waals surface area (Å²) < 4.78 is 0. The third kappa shape index (κ3) is 7.46. The van der Waals surface area contributed by atoms with Crippen molar-refractivity contribution in [1.82, 2.24) is 10.9 Å². The van der Waals surface area contributed by atoms with Gasteiger partial charge in [-0.1, -0.05) is 47.5 Å². The van der Waals surface area contributed by atoms with Gasteiger partial charge in [-0.2, -0.15) is 10.2 Å². The highest BCUT2D eigenvalue weighted by molar-refractivity contribution is 6.31. The molecule has 26 heavy (non-hydrogen) atoms. The quantitative estimate of drug-likeness (QED) is 0.560. The number of carbonyl (C=O) groups excluding carboxylic acids is 2. The maximum absolute atomic E-state index is 11.7. The van der Waals surface area contributed by atoms with Crippen LogP contribution in [-0.2, 0) is 9.59 Å². The lowest BCUT2D eigenvalue weighted by molar-refractivity contribution is -0.126. The molecule has 0 aliphatic carbocycles. The maximum atomic E-state index is 11.7. The van der Waals surface area contributed by atoms with Gasteiger partial charge in [0.1, 0.15) is 0 Å². The number of nitrogens with zero attached hydrogens (tertiary/aromatic N) is 2. The second-order valence-electron chi connectivity index (χ2n) is 5.20. The minimum absolute atomic E-state index is 0.00853. The topological polar surface area (TPSA) is 82.9 Å². The van der Waals surface area contributed by atoms with Gasteiger partial charge in [0.2, 0.25) is 11.8 Å². The van der Waals surface area contributed by atoms with Gasteiger partial charge in [0.05, 0.1) is 12.4 Å². The Morgan fingerprint density at radius 3 is 1.62 bits per heavy atom. The molecule has 2 N–H and O–H groups in total. The molecular formula is C18H16Cl2N4O2. The van der Waals surface area contributed by atoms with E-state index in [2.05, 4.69) is 21.1 Å². The maximum Gasteiger partial charge on any atom is 0.240 e. The van der Waals surface area contributed by atoms with Crippen molar-refractivity contribution < 1.29 is 9.59 Å². The Morgan fingerprint density at radius 2 is 1.23 bits per heavy atom. The lowest BCUT2D eigenvalue weighted by Crippen LogP contribution is -2.22. The second-order valence-corrected chi connectivity index (χ2v) is 6.07. The molecule has 0 atom stereocenters. The highest BCUT2D eigenvalue weighted by Crippen LogP contribution is 2.09. The zero-order valence-electron chi connectivity index (χ0n) is 13.7. The minimum Gasteiger partial charge on any atom is -0.273 e. The van der Waals surface area contributed by atoms with Crippen LogP contribution < -0.4 is 10.9 Å². The molecule has 134 valence electrons. The zero-order chi connectivity index (χ0) is 18.8. The monoisotopic (exact) mass is 390 g/mol. The molecule has 0 heterocycles. The molecule has 0 bridgehead atoms. The Kier molecular flexibility index (Phi) is 7.79. The summed E-state index contributed by atoms with van der Waals surface area (Å²) in [6.07, 6.45) is 2.93. The fraction of sp³-hybridized carbons (Fsp3) is 0.111. The van der Waals surface area contributed by atoms with Crippen molar-refractivity contribution in [3.8, 4) is 0 Å².